The van der Waals surface area contributed by atoms with E-state index in [1.54, 1.807) is 30.0 Å². The van der Waals surface area contributed by atoms with E-state index in [0.717, 1.165) is 17.1 Å². The van der Waals surface area contributed by atoms with Crippen molar-refractivity contribution in [2.24, 2.45) is 0 Å². The van der Waals surface area contributed by atoms with Gasteiger partial charge in [-0.25, -0.2) is 22.3 Å². The number of sulfonamides is 1. The summed E-state index contributed by atoms with van der Waals surface area (Å²) in [6, 6.07) is 10.2. The number of halogens is 1. The Morgan fingerprint density at radius 2 is 1.78 bits per heavy atom. The molecule has 142 valence electrons. The molecule has 0 atom stereocenters. The average Bonchev–Trinajstić information content (AvgIpc) is 2.99. The maximum Gasteiger partial charge on any atom is 0.350 e. The van der Waals surface area contributed by atoms with Gasteiger partial charge in [0.25, 0.3) is 0 Å². The lowest BCUT2D eigenvalue weighted by molar-refractivity contribution is 0.443. The number of benzene rings is 1. The lowest BCUT2D eigenvalue weighted by Gasteiger charge is -2.25. The molecule has 1 aliphatic heterocycles. The maximum atomic E-state index is 12.8. The van der Waals surface area contributed by atoms with E-state index in [1.807, 2.05) is 12.1 Å². The number of hydrogen-bond donors (Lipinski definition) is 0. The molecule has 4 rings (SSSR count). The molecule has 1 aliphatic rings. The molecular formula is C17H17ClN4O3S2. The molecule has 1 fully saturated rings. The molecule has 0 saturated carbocycles. The van der Waals surface area contributed by atoms with E-state index in [2.05, 4.69) is 5.10 Å². The van der Waals surface area contributed by atoms with Gasteiger partial charge in [-0.15, -0.1) is 5.10 Å². The molecule has 3 heterocycles. The van der Waals surface area contributed by atoms with Crippen molar-refractivity contribution >= 4 is 39.0 Å². The van der Waals surface area contributed by atoms with Crippen LogP contribution in [0.25, 0.3) is 5.65 Å². The van der Waals surface area contributed by atoms with Crippen LogP contribution in [0.5, 0.6) is 0 Å². The predicted octanol–water partition coefficient (Wildman–Crippen LogP) is 1.94. The number of pyridine rings is 1. The Labute approximate surface area is 165 Å². The molecule has 0 bridgehead atoms. The summed E-state index contributed by atoms with van der Waals surface area (Å²) in [6.45, 7) is 1.24. The van der Waals surface area contributed by atoms with Crippen molar-refractivity contribution in [1.29, 1.82) is 0 Å². The molecule has 0 unspecified atom stereocenters. The fourth-order valence-electron chi connectivity index (χ4n) is 2.95. The first-order valence-electron chi connectivity index (χ1n) is 8.37. The Balaban J connectivity index is 1.69. The van der Waals surface area contributed by atoms with Gasteiger partial charge in [0.15, 0.2) is 5.65 Å². The van der Waals surface area contributed by atoms with Crippen LogP contribution in [-0.4, -0.2) is 51.5 Å². The molecule has 7 nitrogen and oxygen atoms in total. The van der Waals surface area contributed by atoms with Crippen molar-refractivity contribution < 1.29 is 8.42 Å². The summed E-state index contributed by atoms with van der Waals surface area (Å²) in [5, 5.41) is 4.91. The van der Waals surface area contributed by atoms with E-state index in [-0.39, 0.29) is 17.1 Å². The molecule has 27 heavy (non-hydrogen) atoms. The van der Waals surface area contributed by atoms with E-state index in [0.29, 0.717) is 23.8 Å². The molecule has 0 radical (unpaired) electrons. The van der Waals surface area contributed by atoms with Crippen LogP contribution in [-0.2, 0) is 16.6 Å². The quantitative estimate of drug-likeness (QED) is 0.639. The smallest absolute Gasteiger partial charge is 0.249 e. The van der Waals surface area contributed by atoms with Crippen molar-refractivity contribution in [1.82, 2.24) is 18.5 Å². The molecule has 10 heteroatoms. The molecule has 1 aromatic carbocycles. The Morgan fingerprint density at radius 1 is 1.07 bits per heavy atom. The van der Waals surface area contributed by atoms with Crippen LogP contribution in [0.15, 0.2) is 52.3 Å². The lowest BCUT2D eigenvalue weighted by Crippen LogP contribution is -2.38. The van der Waals surface area contributed by atoms with Gasteiger partial charge < -0.3 is 0 Å². The second-order valence-corrected chi connectivity index (χ2v) is 9.78. The molecular weight excluding hydrogens is 408 g/mol. The molecule has 3 aromatic rings. The zero-order chi connectivity index (χ0) is 19.0. The van der Waals surface area contributed by atoms with Gasteiger partial charge in [-0.05, 0) is 29.8 Å². The minimum atomic E-state index is -3.62. The second-order valence-electron chi connectivity index (χ2n) is 6.18. The van der Waals surface area contributed by atoms with Gasteiger partial charge in [-0.2, -0.15) is 16.1 Å². The van der Waals surface area contributed by atoms with Crippen LogP contribution >= 0.6 is 23.4 Å². The van der Waals surface area contributed by atoms with Crippen molar-refractivity contribution in [2.75, 3.05) is 24.6 Å². The zero-order valence-electron chi connectivity index (χ0n) is 14.3. The summed E-state index contributed by atoms with van der Waals surface area (Å²) >= 11 is 7.62. The number of hydrogen-bond acceptors (Lipinski definition) is 5. The Morgan fingerprint density at radius 3 is 2.48 bits per heavy atom. The van der Waals surface area contributed by atoms with Gasteiger partial charge in [-0.3, -0.25) is 0 Å². The summed E-state index contributed by atoms with van der Waals surface area (Å²) in [4.78, 5) is 12.8. The Kier molecular flexibility index (Phi) is 5.02. The summed E-state index contributed by atoms with van der Waals surface area (Å²) < 4.78 is 29.7. The zero-order valence-corrected chi connectivity index (χ0v) is 16.7. The van der Waals surface area contributed by atoms with Gasteiger partial charge in [-0.1, -0.05) is 23.7 Å². The van der Waals surface area contributed by atoms with Crippen LogP contribution in [0, 0.1) is 0 Å². The molecule has 2 aromatic heterocycles. The van der Waals surface area contributed by atoms with Crippen LogP contribution in [0.4, 0.5) is 0 Å². The first-order valence-corrected chi connectivity index (χ1v) is 11.3. The third-order valence-corrected chi connectivity index (χ3v) is 7.48. The standard InChI is InChI=1S/C17H17ClN4O3S2/c18-14-3-1-13(2-4-14)11-22-17(23)21-12-15(5-6-16(21)19-22)27(24,25)20-7-9-26-10-8-20/h1-6,12H,7-11H2. The van der Waals surface area contributed by atoms with Gasteiger partial charge in [0.05, 0.1) is 11.4 Å². The highest BCUT2D eigenvalue weighted by atomic mass is 35.5. The highest BCUT2D eigenvalue weighted by Crippen LogP contribution is 2.20. The predicted molar refractivity (Wildman–Crippen MR) is 106 cm³/mol. The Bertz CT molecular complexity index is 1130. The van der Waals surface area contributed by atoms with Gasteiger partial charge >= 0.3 is 5.69 Å². The van der Waals surface area contributed by atoms with Crippen LogP contribution in [0.3, 0.4) is 0 Å². The first-order chi connectivity index (χ1) is 12.9. The highest BCUT2D eigenvalue weighted by molar-refractivity contribution is 7.99. The van der Waals surface area contributed by atoms with E-state index < -0.39 is 10.0 Å². The van der Waals surface area contributed by atoms with Crippen LogP contribution in [0.2, 0.25) is 5.02 Å². The van der Waals surface area contributed by atoms with Crippen LogP contribution < -0.4 is 5.69 Å². The summed E-state index contributed by atoms with van der Waals surface area (Å²) in [6.07, 6.45) is 1.36. The first kappa shape index (κ1) is 18.5. The SMILES string of the molecule is O=c1n(Cc2ccc(Cl)cc2)nc2ccc(S(=O)(=O)N3CCSCC3)cn12. The molecule has 0 amide bonds. The summed E-state index contributed by atoms with van der Waals surface area (Å²) in [7, 11) is -3.62. The second kappa shape index (κ2) is 7.31. The molecule has 0 N–H and O–H groups in total. The fraction of sp³-hybridized carbons (Fsp3) is 0.294. The number of rotatable bonds is 4. The molecule has 0 aliphatic carbocycles. The normalized spacial score (nSPS) is 16.0. The van der Waals surface area contributed by atoms with Gasteiger partial charge in [0.1, 0.15) is 0 Å². The van der Waals surface area contributed by atoms with Crippen molar-refractivity contribution in [3.05, 3.63) is 63.7 Å². The lowest BCUT2D eigenvalue weighted by atomic mass is 10.2. The van der Waals surface area contributed by atoms with Crippen molar-refractivity contribution in [3.63, 3.8) is 0 Å². The number of thioether (sulfide) groups is 1. The monoisotopic (exact) mass is 424 g/mol. The van der Waals surface area contributed by atoms with E-state index in [1.165, 1.54) is 25.7 Å². The largest absolute Gasteiger partial charge is 0.350 e. The van der Waals surface area contributed by atoms with E-state index in [4.69, 9.17) is 11.6 Å². The summed E-state index contributed by atoms with van der Waals surface area (Å²) in [5.41, 5.74) is 0.900. The number of aromatic nitrogens is 3. The van der Waals surface area contributed by atoms with Gasteiger partial charge in [0.2, 0.25) is 10.0 Å². The van der Waals surface area contributed by atoms with E-state index in [9.17, 15) is 13.2 Å². The van der Waals surface area contributed by atoms with Crippen LogP contribution in [0.1, 0.15) is 5.56 Å². The average molecular weight is 425 g/mol. The number of fused-ring (bicyclic) bond motifs is 1. The minimum Gasteiger partial charge on any atom is -0.249 e. The number of nitrogens with zero attached hydrogens (tertiary/aromatic N) is 4. The highest BCUT2D eigenvalue weighted by Gasteiger charge is 2.27. The summed E-state index contributed by atoms with van der Waals surface area (Å²) in [5.74, 6) is 1.56. The van der Waals surface area contributed by atoms with Crippen molar-refractivity contribution in [3.8, 4) is 0 Å². The third-order valence-electron chi connectivity index (χ3n) is 4.40. The van der Waals surface area contributed by atoms with Crippen molar-refractivity contribution in [2.45, 2.75) is 11.4 Å². The van der Waals surface area contributed by atoms with E-state index >= 15 is 0 Å². The Hall–Kier alpha value is -1.81. The molecule has 0 spiro atoms. The topological polar surface area (TPSA) is 76.7 Å². The minimum absolute atomic E-state index is 0.107. The fourth-order valence-corrected chi connectivity index (χ4v) is 5.65. The molecule has 1 saturated heterocycles. The van der Waals surface area contributed by atoms with Gasteiger partial charge in [0, 0.05) is 35.8 Å². The third kappa shape index (κ3) is 3.64. The maximum absolute atomic E-state index is 12.8.